The number of carboxylic acid groups (broad SMARTS) is 1. The van der Waals surface area contributed by atoms with Crippen molar-refractivity contribution < 1.29 is 14.3 Å². The number of benzene rings is 3. The molecule has 0 aliphatic carbocycles. The first-order valence-electron chi connectivity index (χ1n) is 7.25. The first-order chi connectivity index (χ1) is 11.0. The fourth-order valence-corrected chi connectivity index (χ4v) is 2.47. The third-order valence-electron chi connectivity index (χ3n) is 3.80. The van der Waals surface area contributed by atoms with Gasteiger partial charge in [0.15, 0.2) is 0 Å². The van der Waals surface area contributed by atoms with Crippen molar-refractivity contribution in [2.45, 2.75) is 6.92 Å². The van der Waals surface area contributed by atoms with E-state index in [1.54, 1.807) is 18.2 Å². The van der Waals surface area contributed by atoms with Crippen molar-refractivity contribution in [3.05, 3.63) is 83.7 Å². The molecule has 0 aliphatic rings. The molecule has 0 aromatic heterocycles. The molecule has 0 saturated carbocycles. The Morgan fingerprint density at radius 2 is 1.39 bits per heavy atom. The van der Waals surface area contributed by atoms with Crippen LogP contribution >= 0.6 is 0 Å². The number of aromatic carboxylic acids is 1. The molecule has 0 fully saturated rings. The van der Waals surface area contributed by atoms with E-state index in [2.05, 4.69) is 0 Å². The van der Waals surface area contributed by atoms with Crippen molar-refractivity contribution in [1.29, 1.82) is 0 Å². The monoisotopic (exact) mass is 306 g/mol. The summed E-state index contributed by atoms with van der Waals surface area (Å²) in [6.45, 7) is 2.01. The second kappa shape index (κ2) is 6.05. The van der Waals surface area contributed by atoms with Crippen LogP contribution in [0.4, 0.5) is 4.39 Å². The number of carbonyl (C=O) groups is 1. The lowest BCUT2D eigenvalue weighted by atomic mass is 9.98. The zero-order chi connectivity index (χ0) is 16.4. The molecule has 0 saturated heterocycles. The van der Waals surface area contributed by atoms with Crippen LogP contribution in [0.15, 0.2) is 66.7 Å². The predicted molar refractivity (Wildman–Crippen MR) is 89.0 cm³/mol. The standard InChI is InChI=1S/C20H15FO2/c1-13-2-4-14(5-3-13)17-10-11-18(19(21)12-17)15-6-8-16(9-7-15)20(22)23/h2-12H,1H3,(H,22,23). The van der Waals surface area contributed by atoms with E-state index in [1.807, 2.05) is 37.3 Å². The fourth-order valence-electron chi connectivity index (χ4n) is 2.47. The van der Waals surface area contributed by atoms with Gasteiger partial charge in [-0.05, 0) is 41.8 Å². The van der Waals surface area contributed by atoms with Gasteiger partial charge in [-0.25, -0.2) is 9.18 Å². The molecule has 0 atom stereocenters. The minimum Gasteiger partial charge on any atom is -0.478 e. The number of aryl methyl sites for hydroxylation is 1. The Morgan fingerprint density at radius 1 is 0.826 bits per heavy atom. The largest absolute Gasteiger partial charge is 0.478 e. The lowest BCUT2D eigenvalue weighted by Gasteiger charge is -2.08. The van der Waals surface area contributed by atoms with Crippen molar-refractivity contribution in [1.82, 2.24) is 0 Å². The zero-order valence-electron chi connectivity index (χ0n) is 12.6. The van der Waals surface area contributed by atoms with E-state index >= 15 is 0 Å². The topological polar surface area (TPSA) is 37.3 Å². The molecule has 0 amide bonds. The van der Waals surface area contributed by atoms with Gasteiger partial charge in [0.1, 0.15) is 5.82 Å². The Hall–Kier alpha value is -2.94. The molecule has 2 nitrogen and oxygen atoms in total. The average Bonchev–Trinajstić information content (AvgIpc) is 2.55. The third kappa shape index (κ3) is 3.14. The van der Waals surface area contributed by atoms with Crippen LogP contribution in [0.1, 0.15) is 15.9 Å². The molecule has 1 N–H and O–H groups in total. The van der Waals surface area contributed by atoms with Crippen LogP contribution in [0.25, 0.3) is 22.3 Å². The minimum atomic E-state index is -0.994. The summed E-state index contributed by atoms with van der Waals surface area (Å²) in [6.07, 6.45) is 0. The molecule has 23 heavy (non-hydrogen) atoms. The summed E-state index contributed by atoms with van der Waals surface area (Å²) in [5.74, 6) is -1.32. The van der Waals surface area contributed by atoms with E-state index < -0.39 is 5.97 Å². The molecule has 3 rings (SSSR count). The van der Waals surface area contributed by atoms with Crippen molar-refractivity contribution in [2.75, 3.05) is 0 Å². The smallest absolute Gasteiger partial charge is 0.335 e. The lowest BCUT2D eigenvalue weighted by Crippen LogP contribution is -1.95. The van der Waals surface area contributed by atoms with Gasteiger partial charge in [-0.15, -0.1) is 0 Å². The van der Waals surface area contributed by atoms with Gasteiger partial charge in [-0.3, -0.25) is 0 Å². The number of hydrogen-bond donors (Lipinski definition) is 1. The van der Waals surface area contributed by atoms with E-state index in [0.717, 1.165) is 16.7 Å². The first kappa shape index (κ1) is 15.0. The van der Waals surface area contributed by atoms with Crippen molar-refractivity contribution in [2.24, 2.45) is 0 Å². The van der Waals surface area contributed by atoms with E-state index in [4.69, 9.17) is 5.11 Å². The van der Waals surface area contributed by atoms with Crippen LogP contribution in [0.2, 0.25) is 0 Å². The lowest BCUT2D eigenvalue weighted by molar-refractivity contribution is 0.0697. The van der Waals surface area contributed by atoms with E-state index in [1.165, 1.54) is 18.2 Å². The van der Waals surface area contributed by atoms with Crippen molar-refractivity contribution in [3.8, 4) is 22.3 Å². The summed E-state index contributed by atoms with van der Waals surface area (Å²) in [4.78, 5) is 10.9. The third-order valence-corrected chi connectivity index (χ3v) is 3.80. The van der Waals surface area contributed by atoms with Crippen molar-refractivity contribution in [3.63, 3.8) is 0 Å². The summed E-state index contributed by atoms with van der Waals surface area (Å²) in [5, 5.41) is 8.91. The second-order valence-corrected chi connectivity index (χ2v) is 5.44. The molecule has 0 spiro atoms. The SMILES string of the molecule is Cc1ccc(-c2ccc(-c3ccc(C(=O)O)cc3)c(F)c2)cc1. The normalized spacial score (nSPS) is 10.5. The number of hydrogen-bond acceptors (Lipinski definition) is 1. The van der Waals surface area contributed by atoms with Crippen LogP contribution in [0.3, 0.4) is 0 Å². The minimum absolute atomic E-state index is 0.186. The molecule has 0 bridgehead atoms. The predicted octanol–water partition coefficient (Wildman–Crippen LogP) is 5.17. The van der Waals surface area contributed by atoms with E-state index in [0.29, 0.717) is 11.1 Å². The Morgan fingerprint density at radius 3 is 1.96 bits per heavy atom. The Bertz CT molecular complexity index is 850. The highest BCUT2D eigenvalue weighted by Gasteiger charge is 2.09. The number of halogens is 1. The Kier molecular flexibility index (Phi) is 3.94. The molecule has 0 unspecified atom stereocenters. The quantitative estimate of drug-likeness (QED) is 0.725. The summed E-state index contributed by atoms with van der Waals surface area (Å²) in [5.41, 5.74) is 4.23. The molecule has 3 aromatic rings. The maximum Gasteiger partial charge on any atom is 0.335 e. The van der Waals surface area contributed by atoms with Gasteiger partial charge in [0.05, 0.1) is 5.56 Å². The van der Waals surface area contributed by atoms with Gasteiger partial charge in [-0.2, -0.15) is 0 Å². The van der Waals surface area contributed by atoms with Crippen LogP contribution in [-0.4, -0.2) is 11.1 Å². The number of carboxylic acids is 1. The molecule has 0 aliphatic heterocycles. The van der Waals surface area contributed by atoms with Gasteiger partial charge in [0.25, 0.3) is 0 Å². The molecule has 3 aromatic carbocycles. The summed E-state index contributed by atoms with van der Waals surface area (Å²) in [6, 6.07) is 19.2. The average molecular weight is 306 g/mol. The molecule has 0 radical (unpaired) electrons. The van der Waals surface area contributed by atoms with Gasteiger partial charge < -0.3 is 5.11 Å². The highest BCUT2D eigenvalue weighted by Crippen LogP contribution is 2.28. The highest BCUT2D eigenvalue weighted by molar-refractivity contribution is 5.88. The van der Waals surface area contributed by atoms with Gasteiger partial charge >= 0.3 is 5.97 Å². The molecule has 3 heteroatoms. The molecular formula is C20H15FO2. The summed E-state index contributed by atoms with van der Waals surface area (Å²) in [7, 11) is 0. The van der Waals surface area contributed by atoms with Crippen LogP contribution < -0.4 is 0 Å². The van der Waals surface area contributed by atoms with Crippen LogP contribution in [0, 0.1) is 12.7 Å². The van der Waals surface area contributed by atoms with Gasteiger partial charge in [0.2, 0.25) is 0 Å². The second-order valence-electron chi connectivity index (χ2n) is 5.44. The van der Waals surface area contributed by atoms with Crippen LogP contribution in [0.5, 0.6) is 0 Å². The van der Waals surface area contributed by atoms with Gasteiger partial charge in [0, 0.05) is 5.56 Å². The molecule has 0 heterocycles. The number of rotatable bonds is 3. The fraction of sp³-hybridized carbons (Fsp3) is 0.0500. The summed E-state index contributed by atoms with van der Waals surface area (Å²) < 4.78 is 14.4. The van der Waals surface area contributed by atoms with E-state index in [-0.39, 0.29) is 11.4 Å². The Labute approximate surface area is 133 Å². The first-order valence-corrected chi connectivity index (χ1v) is 7.25. The highest BCUT2D eigenvalue weighted by atomic mass is 19.1. The summed E-state index contributed by atoms with van der Waals surface area (Å²) >= 11 is 0. The molecule has 114 valence electrons. The van der Waals surface area contributed by atoms with E-state index in [9.17, 15) is 9.18 Å². The van der Waals surface area contributed by atoms with Gasteiger partial charge in [-0.1, -0.05) is 54.1 Å². The zero-order valence-corrected chi connectivity index (χ0v) is 12.6. The van der Waals surface area contributed by atoms with Crippen LogP contribution in [-0.2, 0) is 0 Å². The molecular weight excluding hydrogens is 291 g/mol. The van der Waals surface area contributed by atoms with Crippen molar-refractivity contribution >= 4 is 5.97 Å². The Balaban J connectivity index is 1.95. The maximum atomic E-state index is 14.4. The maximum absolute atomic E-state index is 14.4.